The van der Waals surface area contributed by atoms with Crippen LogP contribution in [0.3, 0.4) is 0 Å². The molecular weight excluding hydrogens is 438 g/mol. The molecule has 164 valence electrons. The van der Waals surface area contributed by atoms with Crippen LogP contribution in [0.2, 0.25) is 0 Å². The number of anilines is 1. The molecule has 1 N–H and O–H groups in total. The molecule has 6 rings (SSSR count). The summed E-state index contributed by atoms with van der Waals surface area (Å²) in [7, 11) is 0. The Morgan fingerprint density at radius 3 is 2.47 bits per heavy atom. The van der Waals surface area contributed by atoms with Crippen molar-refractivity contribution in [2.45, 2.75) is 6.54 Å². The van der Waals surface area contributed by atoms with Gasteiger partial charge >= 0.3 is 0 Å². The zero-order valence-corrected chi connectivity index (χ0v) is 19.1. The second-order valence-corrected chi connectivity index (χ2v) is 8.85. The number of pyridine rings is 1. The molecule has 0 radical (unpaired) electrons. The van der Waals surface area contributed by atoms with Gasteiger partial charge in [0.05, 0.1) is 29.3 Å². The van der Waals surface area contributed by atoms with Crippen molar-refractivity contribution in [3.05, 3.63) is 114 Å². The maximum Gasteiger partial charge on any atom is 0.203 e. The highest BCUT2D eigenvalue weighted by atomic mass is 32.1. The molecule has 0 saturated heterocycles. The van der Waals surface area contributed by atoms with Crippen LogP contribution in [0, 0.1) is 0 Å². The van der Waals surface area contributed by atoms with Gasteiger partial charge in [-0.3, -0.25) is 10.4 Å². The molecule has 0 unspecified atom stereocenters. The highest BCUT2D eigenvalue weighted by molar-refractivity contribution is 7.14. The van der Waals surface area contributed by atoms with Gasteiger partial charge in [-0.05, 0) is 17.7 Å². The summed E-state index contributed by atoms with van der Waals surface area (Å²) in [6, 6.07) is 31.2. The lowest BCUT2D eigenvalue weighted by Gasteiger charge is -2.07. The summed E-state index contributed by atoms with van der Waals surface area (Å²) in [5.74, 6) is 0. The van der Waals surface area contributed by atoms with E-state index >= 15 is 0 Å². The maximum absolute atomic E-state index is 4.66. The average Bonchev–Trinajstić information content (AvgIpc) is 3.49. The van der Waals surface area contributed by atoms with E-state index in [0.717, 1.165) is 34.1 Å². The second-order valence-electron chi connectivity index (χ2n) is 7.99. The van der Waals surface area contributed by atoms with Gasteiger partial charge in [-0.15, -0.1) is 11.3 Å². The molecule has 3 heterocycles. The second kappa shape index (κ2) is 8.92. The minimum absolute atomic E-state index is 0.746. The zero-order chi connectivity index (χ0) is 22.7. The lowest BCUT2D eigenvalue weighted by Crippen LogP contribution is -2.00. The Bertz CT molecular complexity index is 1600. The Balaban J connectivity index is 1.28. The highest BCUT2D eigenvalue weighted by Gasteiger charge is 2.11. The summed E-state index contributed by atoms with van der Waals surface area (Å²) < 4.78 is 2.33. The Kier molecular flexibility index (Phi) is 5.33. The molecule has 6 aromatic rings. The zero-order valence-electron chi connectivity index (χ0n) is 18.3. The van der Waals surface area contributed by atoms with Crippen molar-refractivity contribution in [3.8, 4) is 11.3 Å². The molecule has 0 bridgehead atoms. The number of para-hydroxylation sites is 1. The number of benzene rings is 3. The van der Waals surface area contributed by atoms with Crippen LogP contribution in [-0.4, -0.2) is 20.7 Å². The Morgan fingerprint density at radius 2 is 1.62 bits per heavy atom. The molecule has 0 fully saturated rings. The molecule has 0 amide bonds. The van der Waals surface area contributed by atoms with Crippen LogP contribution in [0.15, 0.2) is 108 Å². The summed E-state index contributed by atoms with van der Waals surface area (Å²) in [6.45, 7) is 0.801. The van der Waals surface area contributed by atoms with Crippen LogP contribution in [0.25, 0.3) is 33.1 Å². The summed E-state index contributed by atoms with van der Waals surface area (Å²) >= 11 is 1.53. The standard InChI is InChI=1S/C28H21N5S/c1-3-9-20(10-4-1)18-33-26-14-8-7-13-23(26)24-15-22(29-17-27(24)33)16-30-32-28-31-25(19-34-28)21-11-5-2-6-12-21/h1-17,19H,18H2,(H,31,32)/b30-16+. The molecule has 5 nitrogen and oxygen atoms in total. The molecule has 34 heavy (non-hydrogen) atoms. The predicted molar refractivity (Wildman–Crippen MR) is 142 cm³/mol. The first-order chi connectivity index (χ1) is 16.8. The summed E-state index contributed by atoms with van der Waals surface area (Å²) in [5, 5.41) is 9.54. The largest absolute Gasteiger partial charge is 0.335 e. The number of nitrogens with one attached hydrogen (secondary N) is 1. The third-order valence-electron chi connectivity index (χ3n) is 5.79. The first-order valence-electron chi connectivity index (χ1n) is 11.1. The lowest BCUT2D eigenvalue weighted by molar-refractivity contribution is 0.867. The van der Waals surface area contributed by atoms with Crippen molar-refractivity contribution in [3.63, 3.8) is 0 Å². The number of rotatable bonds is 6. The summed E-state index contributed by atoms with van der Waals surface area (Å²) in [5.41, 5.74) is 9.44. The first-order valence-corrected chi connectivity index (χ1v) is 11.9. The van der Waals surface area contributed by atoms with Gasteiger partial charge in [0, 0.05) is 33.8 Å². The fourth-order valence-electron chi connectivity index (χ4n) is 4.19. The van der Waals surface area contributed by atoms with E-state index in [4.69, 9.17) is 0 Å². The number of fused-ring (bicyclic) bond motifs is 3. The molecule has 3 aromatic carbocycles. The Labute approximate surface area is 201 Å². The third kappa shape index (κ3) is 3.95. The third-order valence-corrected chi connectivity index (χ3v) is 6.54. The Morgan fingerprint density at radius 1 is 0.853 bits per heavy atom. The molecule has 6 heteroatoms. The molecule has 0 atom stereocenters. The number of hydrazone groups is 1. The van der Waals surface area contributed by atoms with Gasteiger partial charge in [0.25, 0.3) is 0 Å². The SMILES string of the molecule is C(=N\Nc1nc(-c2ccccc2)cs1)/c1cc2c3ccccc3n(Cc3ccccc3)c2cn1. The fourth-order valence-corrected chi connectivity index (χ4v) is 4.86. The quantitative estimate of drug-likeness (QED) is 0.220. The topological polar surface area (TPSA) is 55.1 Å². The van der Waals surface area contributed by atoms with Crippen LogP contribution < -0.4 is 5.43 Å². The molecule has 0 saturated carbocycles. The van der Waals surface area contributed by atoms with Gasteiger partial charge in [0.1, 0.15) is 0 Å². The molecular formula is C28H21N5S. The van der Waals surface area contributed by atoms with Gasteiger partial charge in [0.2, 0.25) is 5.13 Å². The van der Waals surface area contributed by atoms with Crippen LogP contribution in [0.5, 0.6) is 0 Å². The van der Waals surface area contributed by atoms with E-state index in [2.05, 4.69) is 91.8 Å². The number of hydrogen-bond acceptors (Lipinski definition) is 5. The van der Waals surface area contributed by atoms with Crippen molar-refractivity contribution in [2.24, 2.45) is 5.10 Å². The number of nitrogens with zero attached hydrogens (tertiary/aromatic N) is 4. The first kappa shape index (κ1) is 20.3. The molecule has 0 aliphatic carbocycles. The van der Waals surface area contributed by atoms with Crippen molar-refractivity contribution < 1.29 is 0 Å². The van der Waals surface area contributed by atoms with Crippen molar-refractivity contribution >= 4 is 44.5 Å². The van der Waals surface area contributed by atoms with Crippen LogP contribution in [0.4, 0.5) is 5.13 Å². The number of hydrogen-bond donors (Lipinski definition) is 1. The monoisotopic (exact) mass is 459 g/mol. The van der Waals surface area contributed by atoms with E-state index in [1.54, 1.807) is 6.21 Å². The van der Waals surface area contributed by atoms with Crippen LogP contribution in [0.1, 0.15) is 11.3 Å². The average molecular weight is 460 g/mol. The predicted octanol–water partition coefficient (Wildman–Crippen LogP) is 6.81. The van der Waals surface area contributed by atoms with Gasteiger partial charge in [-0.1, -0.05) is 78.9 Å². The summed E-state index contributed by atoms with van der Waals surface area (Å²) in [6.07, 6.45) is 3.68. The fraction of sp³-hybridized carbons (Fsp3) is 0.0357. The van der Waals surface area contributed by atoms with E-state index in [1.165, 1.54) is 33.2 Å². The molecule has 0 aliphatic heterocycles. The normalized spacial score (nSPS) is 11.5. The van der Waals surface area contributed by atoms with Gasteiger partial charge in [-0.2, -0.15) is 5.10 Å². The lowest BCUT2D eigenvalue weighted by atomic mass is 10.2. The molecule has 3 aromatic heterocycles. The van der Waals surface area contributed by atoms with E-state index in [9.17, 15) is 0 Å². The molecule has 0 spiro atoms. The van der Waals surface area contributed by atoms with E-state index in [-0.39, 0.29) is 0 Å². The van der Waals surface area contributed by atoms with Gasteiger partial charge in [0.15, 0.2) is 0 Å². The van der Waals surface area contributed by atoms with Crippen molar-refractivity contribution in [1.82, 2.24) is 14.5 Å². The van der Waals surface area contributed by atoms with Crippen molar-refractivity contribution in [1.29, 1.82) is 0 Å². The Hall–Kier alpha value is -4.29. The highest BCUT2D eigenvalue weighted by Crippen LogP contribution is 2.29. The minimum Gasteiger partial charge on any atom is -0.335 e. The van der Waals surface area contributed by atoms with Gasteiger partial charge in [-0.25, -0.2) is 4.98 Å². The smallest absolute Gasteiger partial charge is 0.203 e. The van der Waals surface area contributed by atoms with Crippen LogP contribution >= 0.6 is 11.3 Å². The van der Waals surface area contributed by atoms with E-state index in [1.807, 2.05) is 35.8 Å². The maximum atomic E-state index is 4.66. The van der Waals surface area contributed by atoms with E-state index in [0.29, 0.717) is 0 Å². The number of aromatic nitrogens is 3. The minimum atomic E-state index is 0.746. The van der Waals surface area contributed by atoms with Crippen molar-refractivity contribution in [2.75, 3.05) is 5.43 Å². The van der Waals surface area contributed by atoms with Gasteiger partial charge < -0.3 is 4.57 Å². The van der Waals surface area contributed by atoms with E-state index < -0.39 is 0 Å². The number of thiazole rings is 1. The van der Waals surface area contributed by atoms with Crippen LogP contribution in [-0.2, 0) is 6.54 Å². The molecule has 0 aliphatic rings. The summed E-state index contributed by atoms with van der Waals surface area (Å²) in [4.78, 5) is 9.28.